The van der Waals surface area contributed by atoms with Crippen LogP contribution >= 0.6 is 0 Å². The molecule has 0 radical (unpaired) electrons. The van der Waals surface area contributed by atoms with Crippen molar-refractivity contribution in [3.8, 4) is 0 Å². The van der Waals surface area contributed by atoms with Crippen LogP contribution in [0.25, 0.3) is 0 Å². The lowest BCUT2D eigenvalue weighted by Crippen LogP contribution is -2.31. The molecule has 1 saturated carbocycles. The third-order valence-corrected chi connectivity index (χ3v) is 3.67. The number of halogens is 1. The molecular weight excluding hydrogens is 163 g/mol. The summed E-state index contributed by atoms with van der Waals surface area (Å²) in [5, 5.41) is 0. The summed E-state index contributed by atoms with van der Waals surface area (Å²) in [6.45, 7) is 6.51. The molecule has 0 nitrogen and oxygen atoms in total. The standard InChI is InChI=1S/C12H23F/c1-4-6-11-7-9(3)12(13)8-10(11)5-2/h9-12H,4-8H2,1-3H3. The van der Waals surface area contributed by atoms with Crippen LogP contribution in [-0.4, -0.2) is 6.17 Å². The molecular formula is C12H23F. The smallest absolute Gasteiger partial charge is 0.103 e. The predicted octanol–water partition coefficient (Wildman–Crippen LogP) is 4.20. The second-order valence-corrected chi connectivity index (χ2v) is 4.68. The monoisotopic (exact) mass is 186 g/mol. The molecule has 0 spiro atoms. The van der Waals surface area contributed by atoms with E-state index >= 15 is 0 Å². The van der Waals surface area contributed by atoms with E-state index in [1.165, 1.54) is 12.8 Å². The number of alkyl halides is 1. The second kappa shape index (κ2) is 4.97. The Bertz CT molecular complexity index is 144. The Labute approximate surface area is 81.9 Å². The van der Waals surface area contributed by atoms with Crippen LogP contribution in [0.15, 0.2) is 0 Å². The molecule has 0 aromatic carbocycles. The SMILES string of the molecule is CCCC1CC(C)C(F)CC1CC. The lowest BCUT2D eigenvalue weighted by atomic mass is 9.71. The summed E-state index contributed by atoms with van der Waals surface area (Å²) in [6, 6.07) is 0. The first kappa shape index (κ1) is 11.0. The Morgan fingerprint density at radius 3 is 2.38 bits per heavy atom. The normalized spacial score (nSPS) is 40.6. The molecule has 0 saturated heterocycles. The predicted molar refractivity (Wildman–Crippen MR) is 55.5 cm³/mol. The Balaban J connectivity index is 2.50. The summed E-state index contributed by atoms with van der Waals surface area (Å²) < 4.78 is 13.4. The van der Waals surface area contributed by atoms with E-state index in [0.29, 0.717) is 11.8 Å². The van der Waals surface area contributed by atoms with Crippen molar-refractivity contribution in [2.24, 2.45) is 17.8 Å². The molecule has 0 bridgehead atoms. The van der Waals surface area contributed by atoms with Gasteiger partial charge in [0.25, 0.3) is 0 Å². The van der Waals surface area contributed by atoms with E-state index in [-0.39, 0.29) is 0 Å². The molecule has 0 aromatic rings. The first-order valence-electron chi connectivity index (χ1n) is 5.83. The zero-order valence-electron chi connectivity index (χ0n) is 9.22. The maximum absolute atomic E-state index is 13.4. The van der Waals surface area contributed by atoms with E-state index in [1.54, 1.807) is 0 Å². The summed E-state index contributed by atoms with van der Waals surface area (Å²) in [6.07, 6.45) is 5.13. The molecule has 1 aliphatic rings. The summed E-state index contributed by atoms with van der Waals surface area (Å²) in [5.41, 5.74) is 0. The van der Waals surface area contributed by atoms with E-state index in [1.807, 2.05) is 0 Å². The molecule has 1 fully saturated rings. The van der Waals surface area contributed by atoms with Gasteiger partial charge in [0.15, 0.2) is 0 Å². The molecule has 0 N–H and O–H groups in total. The largest absolute Gasteiger partial charge is 0.247 e. The molecule has 1 heteroatoms. The van der Waals surface area contributed by atoms with Crippen LogP contribution in [0.3, 0.4) is 0 Å². The molecule has 1 aliphatic carbocycles. The number of hydrogen-bond acceptors (Lipinski definition) is 0. The highest BCUT2D eigenvalue weighted by Crippen LogP contribution is 2.39. The molecule has 4 unspecified atom stereocenters. The maximum atomic E-state index is 13.4. The van der Waals surface area contributed by atoms with Crippen LogP contribution in [0.4, 0.5) is 4.39 Å². The molecule has 0 aromatic heterocycles. The van der Waals surface area contributed by atoms with Gasteiger partial charge < -0.3 is 0 Å². The Morgan fingerprint density at radius 1 is 1.15 bits per heavy atom. The quantitative estimate of drug-likeness (QED) is 0.619. The number of rotatable bonds is 3. The van der Waals surface area contributed by atoms with Crippen molar-refractivity contribution in [3.63, 3.8) is 0 Å². The van der Waals surface area contributed by atoms with Gasteiger partial charge in [-0.3, -0.25) is 0 Å². The zero-order valence-corrected chi connectivity index (χ0v) is 9.22. The highest BCUT2D eigenvalue weighted by atomic mass is 19.1. The Morgan fingerprint density at radius 2 is 1.85 bits per heavy atom. The third-order valence-electron chi connectivity index (χ3n) is 3.67. The van der Waals surface area contributed by atoms with E-state index in [0.717, 1.165) is 25.2 Å². The highest BCUT2D eigenvalue weighted by molar-refractivity contribution is 4.83. The molecule has 13 heavy (non-hydrogen) atoms. The van der Waals surface area contributed by atoms with Crippen molar-refractivity contribution in [2.45, 2.75) is 59.0 Å². The van der Waals surface area contributed by atoms with E-state index in [9.17, 15) is 4.39 Å². The minimum absolute atomic E-state index is 0.305. The van der Waals surface area contributed by atoms with Crippen LogP contribution in [0.1, 0.15) is 52.9 Å². The average Bonchev–Trinajstić information content (AvgIpc) is 2.11. The summed E-state index contributed by atoms with van der Waals surface area (Å²) in [7, 11) is 0. The van der Waals surface area contributed by atoms with Gasteiger partial charge in [-0.25, -0.2) is 4.39 Å². The van der Waals surface area contributed by atoms with Crippen molar-refractivity contribution in [1.82, 2.24) is 0 Å². The van der Waals surface area contributed by atoms with E-state index in [2.05, 4.69) is 20.8 Å². The van der Waals surface area contributed by atoms with Gasteiger partial charge in [-0.1, -0.05) is 40.0 Å². The van der Waals surface area contributed by atoms with Crippen molar-refractivity contribution < 1.29 is 4.39 Å². The van der Waals surface area contributed by atoms with Crippen LogP contribution in [-0.2, 0) is 0 Å². The lowest BCUT2D eigenvalue weighted by molar-refractivity contribution is 0.0798. The van der Waals surface area contributed by atoms with Crippen LogP contribution < -0.4 is 0 Å². The van der Waals surface area contributed by atoms with Crippen molar-refractivity contribution in [3.05, 3.63) is 0 Å². The Kier molecular flexibility index (Phi) is 4.21. The fraction of sp³-hybridized carbons (Fsp3) is 1.00. The van der Waals surface area contributed by atoms with Gasteiger partial charge >= 0.3 is 0 Å². The van der Waals surface area contributed by atoms with Gasteiger partial charge in [-0.15, -0.1) is 0 Å². The molecule has 4 atom stereocenters. The molecule has 0 amide bonds. The van der Waals surface area contributed by atoms with Gasteiger partial charge in [0.1, 0.15) is 6.17 Å². The lowest BCUT2D eigenvalue weighted by Gasteiger charge is -2.36. The first-order valence-corrected chi connectivity index (χ1v) is 5.83. The molecule has 0 aliphatic heterocycles. The second-order valence-electron chi connectivity index (χ2n) is 4.68. The van der Waals surface area contributed by atoms with Crippen molar-refractivity contribution >= 4 is 0 Å². The van der Waals surface area contributed by atoms with Gasteiger partial charge in [-0.05, 0) is 30.6 Å². The zero-order chi connectivity index (χ0) is 9.84. The van der Waals surface area contributed by atoms with Crippen LogP contribution in [0.5, 0.6) is 0 Å². The molecule has 1 rings (SSSR count). The summed E-state index contributed by atoms with van der Waals surface area (Å²) >= 11 is 0. The van der Waals surface area contributed by atoms with Crippen LogP contribution in [0.2, 0.25) is 0 Å². The Hall–Kier alpha value is -0.0700. The van der Waals surface area contributed by atoms with Crippen LogP contribution in [0, 0.1) is 17.8 Å². The van der Waals surface area contributed by atoms with E-state index < -0.39 is 6.17 Å². The molecule has 0 heterocycles. The van der Waals surface area contributed by atoms with Crippen molar-refractivity contribution in [1.29, 1.82) is 0 Å². The third kappa shape index (κ3) is 2.69. The van der Waals surface area contributed by atoms with Gasteiger partial charge in [-0.2, -0.15) is 0 Å². The first-order chi connectivity index (χ1) is 6.19. The fourth-order valence-electron chi connectivity index (χ4n) is 2.76. The minimum atomic E-state index is -0.530. The fourth-order valence-corrected chi connectivity index (χ4v) is 2.76. The maximum Gasteiger partial charge on any atom is 0.103 e. The number of hydrogen-bond donors (Lipinski definition) is 0. The minimum Gasteiger partial charge on any atom is -0.247 e. The van der Waals surface area contributed by atoms with E-state index in [4.69, 9.17) is 0 Å². The average molecular weight is 186 g/mol. The highest BCUT2D eigenvalue weighted by Gasteiger charge is 2.33. The van der Waals surface area contributed by atoms with Gasteiger partial charge in [0.05, 0.1) is 0 Å². The molecule has 78 valence electrons. The van der Waals surface area contributed by atoms with Gasteiger partial charge in [0, 0.05) is 0 Å². The topological polar surface area (TPSA) is 0 Å². The van der Waals surface area contributed by atoms with Gasteiger partial charge in [0.2, 0.25) is 0 Å². The summed E-state index contributed by atoms with van der Waals surface area (Å²) in [4.78, 5) is 0. The van der Waals surface area contributed by atoms with Crippen molar-refractivity contribution in [2.75, 3.05) is 0 Å². The summed E-state index contributed by atoms with van der Waals surface area (Å²) in [5.74, 6) is 1.77.